The van der Waals surface area contributed by atoms with Crippen LogP contribution in [0.4, 0.5) is 18.0 Å². The van der Waals surface area contributed by atoms with Gasteiger partial charge in [0.05, 0.1) is 0 Å². The molecule has 1 atom stereocenters. The molecule has 0 amide bonds. The monoisotopic (exact) mass is 156 g/mol. The molecule has 0 aromatic carbocycles. The summed E-state index contributed by atoms with van der Waals surface area (Å²) >= 11 is 0. The van der Waals surface area contributed by atoms with E-state index in [9.17, 15) is 18.0 Å². The van der Waals surface area contributed by atoms with Crippen molar-refractivity contribution in [2.24, 2.45) is 0 Å². The van der Waals surface area contributed by atoms with Crippen LogP contribution in [0.25, 0.3) is 0 Å². The summed E-state index contributed by atoms with van der Waals surface area (Å²) in [6.07, 6.45) is -7.85. The number of halogens is 3. The summed E-state index contributed by atoms with van der Waals surface area (Å²) < 4.78 is 42.4. The van der Waals surface area contributed by atoms with E-state index < -0.39 is 25.0 Å². The fourth-order valence-corrected chi connectivity index (χ4v) is 0.489. The van der Waals surface area contributed by atoms with Crippen molar-refractivity contribution in [2.45, 2.75) is 12.3 Å². The first kappa shape index (κ1) is 7.17. The minimum Gasteiger partial charge on any atom is -0.430 e. The third kappa shape index (κ3) is 1.31. The molecule has 0 bridgehead atoms. The van der Waals surface area contributed by atoms with Crippen molar-refractivity contribution < 1.29 is 27.4 Å². The lowest BCUT2D eigenvalue weighted by Gasteiger charge is -2.09. The van der Waals surface area contributed by atoms with E-state index >= 15 is 0 Å². The second-order valence-electron chi connectivity index (χ2n) is 1.71. The summed E-state index contributed by atoms with van der Waals surface area (Å²) in [5.74, 6) is 0. The lowest BCUT2D eigenvalue weighted by molar-refractivity contribution is -0.193. The van der Waals surface area contributed by atoms with Crippen LogP contribution in [-0.2, 0) is 9.47 Å². The summed E-state index contributed by atoms with van der Waals surface area (Å²) in [6.45, 7) is -0.734. The van der Waals surface area contributed by atoms with Crippen LogP contribution in [0.5, 0.6) is 0 Å². The Morgan fingerprint density at radius 3 is 2.30 bits per heavy atom. The molecule has 1 heterocycles. The summed E-state index contributed by atoms with van der Waals surface area (Å²) in [5, 5.41) is 0. The van der Waals surface area contributed by atoms with E-state index in [1.54, 1.807) is 0 Å². The molecular weight excluding hydrogens is 153 g/mol. The van der Waals surface area contributed by atoms with Crippen molar-refractivity contribution in [3.8, 4) is 0 Å². The zero-order valence-corrected chi connectivity index (χ0v) is 4.64. The second kappa shape index (κ2) is 2.03. The van der Waals surface area contributed by atoms with Crippen LogP contribution in [0, 0.1) is 0 Å². The van der Waals surface area contributed by atoms with Crippen molar-refractivity contribution >= 4 is 6.16 Å². The minimum absolute atomic E-state index is 0.734. The summed E-state index contributed by atoms with van der Waals surface area (Å²) in [6, 6.07) is 0. The smallest absolute Gasteiger partial charge is 0.430 e. The zero-order valence-electron chi connectivity index (χ0n) is 4.64. The molecule has 0 saturated carbocycles. The van der Waals surface area contributed by atoms with Crippen LogP contribution in [0.1, 0.15) is 0 Å². The van der Waals surface area contributed by atoms with E-state index in [2.05, 4.69) is 9.47 Å². The molecule has 1 aliphatic rings. The second-order valence-corrected chi connectivity index (χ2v) is 1.71. The molecule has 10 heavy (non-hydrogen) atoms. The predicted octanol–water partition coefficient (Wildman–Crippen LogP) is 1.08. The Morgan fingerprint density at radius 1 is 1.50 bits per heavy atom. The van der Waals surface area contributed by atoms with Crippen molar-refractivity contribution in [3.05, 3.63) is 0 Å². The van der Waals surface area contributed by atoms with Gasteiger partial charge in [-0.05, 0) is 0 Å². The molecule has 3 nitrogen and oxygen atoms in total. The molecule has 0 spiro atoms. The van der Waals surface area contributed by atoms with Crippen LogP contribution in [0.15, 0.2) is 0 Å². The van der Waals surface area contributed by atoms with E-state index in [4.69, 9.17) is 0 Å². The highest BCUT2D eigenvalue weighted by Crippen LogP contribution is 2.26. The highest BCUT2D eigenvalue weighted by Gasteiger charge is 2.47. The summed E-state index contributed by atoms with van der Waals surface area (Å²) in [7, 11) is 0. The predicted molar refractivity (Wildman–Crippen MR) is 22.3 cm³/mol. The fourth-order valence-electron chi connectivity index (χ4n) is 0.489. The summed E-state index contributed by atoms with van der Waals surface area (Å²) in [5.41, 5.74) is 0. The van der Waals surface area contributed by atoms with Gasteiger partial charge in [-0.15, -0.1) is 0 Å². The molecule has 0 aromatic rings. The third-order valence-corrected chi connectivity index (χ3v) is 0.956. The standard InChI is InChI=1S/C4H3F3O3/c5-4(6,7)2-1-9-3(8)10-2/h2H,1H2/t2-/m1/s1. The van der Waals surface area contributed by atoms with Crippen LogP contribution in [0.2, 0.25) is 0 Å². The quantitative estimate of drug-likeness (QED) is 0.492. The van der Waals surface area contributed by atoms with Gasteiger partial charge in [0.25, 0.3) is 0 Å². The maximum absolute atomic E-state index is 11.6. The molecule has 1 rings (SSSR count). The maximum Gasteiger partial charge on any atom is 0.509 e. The third-order valence-electron chi connectivity index (χ3n) is 0.956. The van der Waals surface area contributed by atoms with Gasteiger partial charge in [-0.3, -0.25) is 0 Å². The van der Waals surface area contributed by atoms with E-state index in [-0.39, 0.29) is 0 Å². The lowest BCUT2D eigenvalue weighted by Crippen LogP contribution is -2.30. The van der Waals surface area contributed by atoms with Crippen molar-refractivity contribution in [1.29, 1.82) is 0 Å². The first-order valence-corrected chi connectivity index (χ1v) is 2.40. The average molecular weight is 156 g/mol. The van der Waals surface area contributed by atoms with Gasteiger partial charge in [-0.25, -0.2) is 4.79 Å². The Hall–Kier alpha value is -0.940. The molecule has 0 aliphatic carbocycles. The number of alkyl halides is 3. The molecule has 58 valence electrons. The van der Waals surface area contributed by atoms with Gasteiger partial charge in [-0.1, -0.05) is 0 Å². The largest absolute Gasteiger partial charge is 0.509 e. The molecule has 0 radical (unpaired) electrons. The number of cyclic esters (lactones) is 2. The van der Waals surface area contributed by atoms with Gasteiger partial charge >= 0.3 is 12.3 Å². The number of carbonyl (C=O) groups excluding carboxylic acids is 1. The van der Waals surface area contributed by atoms with E-state index in [0.717, 1.165) is 0 Å². The number of rotatable bonds is 0. The van der Waals surface area contributed by atoms with Crippen LogP contribution >= 0.6 is 0 Å². The molecule has 1 aliphatic heterocycles. The highest BCUT2D eigenvalue weighted by molar-refractivity contribution is 5.61. The SMILES string of the molecule is O=C1OC[C@H](C(F)(F)F)O1. The molecule has 0 aromatic heterocycles. The average Bonchev–Trinajstić information content (AvgIpc) is 2.11. The normalized spacial score (nSPS) is 25.9. The Balaban J connectivity index is 2.53. The van der Waals surface area contributed by atoms with Gasteiger partial charge in [0, 0.05) is 0 Å². The van der Waals surface area contributed by atoms with Gasteiger partial charge < -0.3 is 9.47 Å². The molecule has 0 unspecified atom stereocenters. The van der Waals surface area contributed by atoms with Gasteiger partial charge in [0.1, 0.15) is 6.61 Å². The Bertz CT molecular complexity index is 152. The van der Waals surface area contributed by atoms with Gasteiger partial charge in [0.2, 0.25) is 6.10 Å². The fraction of sp³-hybridized carbons (Fsp3) is 0.750. The molecule has 6 heteroatoms. The van der Waals surface area contributed by atoms with Gasteiger partial charge in [0.15, 0.2) is 0 Å². The number of carbonyl (C=O) groups is 1. The topological polar surface area (TPSA) is 35.5 Å². The number of hydrogen-bond acceptors (Lipinski definition) is 3. The van der Waals surface area contributed by atoms with E-state index in [1.165, 1.54) is 0 Å². The first-order chi connectivity index (χ1) is 4.50. The molecule has 1 saturated heterocycles. The maximum atomic E-state index is 11.6. The van der Waals surface area contributed by atoms with Crippen LogP contribution in [0.3, 0.4) is 0 Å². The number of hydrogen-bond donors (Lipinski definition) is 0. The Kier molecular flexibility index (Phi) is 1.46. The van der Waals surface area contributed by atoms with Crippen molar-refractivity contribution in [2.75, 3.05) is 6.61 Å². The Morgan fingerprint density at radius 2 is 2.10 bits per heavy atom. The molecule has 1 fully saturated rings. The number of ether oxygens (including phenoxy) is 2. The minimum atomic E-state index is -4.51. The Labute approximate surface area is 53.7 Å². The lowest BCUT2D eigenvalue weighted by atomic mass is 10.4. The molecular formula is C4H3F3O3. The molecule has 0 N–H and O–H groups in total. The van der Waals surface area contributed by atoms with Crippen LogP contribution in [-0.4, -0.2) is 25.0 Å². The van der Waals surface area contributed by atoms with Crippen molar-refractivity contribution in [1.82, 2.24) is 0 Å². The van der Waals surface area contributed by atoms with Crippen LogP contribution < -0.4 is 0 Å². The van der Waals surface area contributed by atoms with Gasteiger partial charge in [-0.2, -0.15) is 13.2 Å². The summed E-state index contributed by atoms with van der Waals surface area (Å²) in [4.78, 5) is 9.96. The van der Waals surface area contributed by atoms with E-state index in [0.29, 0.717) is 0 Å². The highest BCUT2D eigenvalue weighted by atomic mass is 19.4. The zero-order chi connectivity index (χ0) is 7.78. The van der Waals surface area contributed by atoms with E-state index in [1.807, 2.05) is 0 Å². The van der Waals surface area contributed by atoms with Crippen molar-refractivity contribution in [3.63, 3.8) is 0 Å². The first-order valence-electron chi connectivity index (χ1n) is 2.40.